The van der Waals surface area contributed by atoms with Crippen LogP contribution in [0.4, 0.5) is 0 Å². The van der Waals surface area contributed by atoms with Crippen molar-refractivity contribution in [2.24, 2.45) is 5.84 Å². The fraction of sp³-hybridized carbons (Fsp3) is 0.250. The minimum Gasteiger partial charge on any atom is -0.271 e. The Kier molecular flexibility index (Phi) is 4.67. The average Bonchev–Trinajstić information content (AvgIpc) is 2.81. The van der Waals surface area contributed by atoms with Crippen molar-refractivity contribution in [3.63, 3.8) is 0 Å². The molecule has 5 heteroatoms. The van der Waals surface area contributed by atoms with E-state index in [9.17, 15) is 0 Å². The molecule has 1 atom stereocenters. The van der Waals surface area contributed by atoms with Crippen LogP contribution >= 0.6 is 27.3 Å². The molecule has 0 spiro atoms. The van der Waals surface area contributed by atoms with Gasteiger partial charge in [0.05, 0.1) is 5.51 Å². The van der Waals surface area contributed by atoms with Gasteiger partial charge in [-0.3, -0.25) is 16.3 Å². The smallest absolute Gasteiger partial charge is 0.0794 e. The molecule has 0 saturated carbocycles. The second-order valence-electron chi connectivity index (χ2n) is 3.87. The van der Waals surface area contributed by atoms with E-state index in [1.165, 1.54) is 10.4 Å². The van der Waals surface area contributed by atoms with E-state index >= 15 is 0 Å². The quantitative estimate of drug-likeness (QED) is 0.659. The summed E-state index contributed by atoms with van der Waals surface area (Å²) < 4.78 is 1.10. The van der Waals surface area contributed by atoms with Gasteiger partial charge in [0.2, 0.25) is 0 Å². The minimum atomic E-state index is 0.241. The fourth-order valence-corrected chi connectivity index (χ4v) is 2.85. The molecule has 2 rings (SSSR count). The number of nitrogens with one attached hydrogen (secondary N) is 1. The Morgan fingerprint density at radius 2 is 2.29 bits per heavy atom. The number of rotatable bonds is 5. The van der Waals surface area contributed by atoms with Crippen LogP contribution in [0.15, 0.2) is 40.4 Å². The van der Waals surface area contributed by atoms with E-state index in [4.69, 9.17) is 5.84 Å². The van der Waals surface area contributed by atoms with E-state index in [1.54, 1.807) is 11.3 Å². The van der Waals surface area contributed by atoms with Gasteiger partial charge >= 0.3 is 0 Å². The molecule has 2 aromatic rings. The maximum atomic E-state index is 5.60. The van der Waals surface area contributed by atoms with Crippen LogP contribution in [0.3, 0.4) is 0 Å². The summed E-state index contributed by atoms with van der Waals surface area (Å²) in [5.74, 6) is 5.60. The molecule has 0 fully saturated rings. The number of hydrogen-bond acceptors (Lipinski definition) is 4. The zero-order valence-electron chi connectivity index (χ0n) is 9.27. The molecular formula is C12H14BrN3S. The maximum Gasteiger partial charge on any atom is 0.0794 e. The molecule has 3 N–H and O–H groups in total. The number of hydrogen-bond donors (Lipinski definition) is 2. The lowest BCUT2D eigenvalue weighted by Crippen LogP contribution is -2.38. The number of benzene rings is 1. The van der Waals surface area contributed by atoms with Crippen LogP contribution < -0.4 is 11.3 Å². The number of aromatic nitrogens is 1. The van der Waals surface area contributed by atoms with Crippen LogP contribution in [0.2, 0.25) is 0 Å². The summed E-state index contributed by atoms with van der Waals surface area (Å²) >= 11 is 5.14. The van der Waals surface area contributed by atoms with Crippen molar-refractivity contribution in [2.45, 2.75) is 18.9 Å². The molecular weight excluding hydrogens is 298 g/mol. The zero-order chi connectivity index (χ0) is 12.1. The van der Waals surface area contributed by atoms with Crippen LogP contribution in [-0.2, 0) is 12.8 Å². The lowest BCUT2D eigenvalue weighted by molar-refractivity contribution is 0.525. The fourth-order valence-electron chi connectivity index (χ4n) is 1.72. The first-order valence-electron chi connectivity index (χ1n) is 5.36. The summed E-state index contributed by atoms with van der Waals surface area (Å²) in [6, 6.07) is 8.54. The summed E-state index contributed by atoms with van der Waals surface area (Å²) in [6.07, 6.45) is 3.72. The lowest BCUT2D eigenvalue weighted by atomic mass is 10.0. The van der Waals surface area contributed by atoms with E-state index in [0.29, 0.717) is 0 Å². The van der Waals surface area contributed by atoms with E-state index in [2.05, 4.69) is 38.5 Å². The standard InChI is InChI=1S/C12H14BrN3S/c13-10-3-1-2-9(4-10)5-11(16-14)6-12-7-15-8-17-12/h1-4,7-8,11,16H,5-6,14H2. The molecule has 0 amide bonds. The van der Waals surface area contributed by atoms with Gasteiger partial charge in [0.1, 0.15) is 0 Å². The van der Waals surface area contributed by atoms with Crippen molar-refractivity contribution in [3.8, 4) is 0 Å². The molecule has 0 aliphatic carbocycles. The first kappa shape index (κ1) is 12.7. The number of nitrogens with two attached hydrogens (primary N) is 1. The highest BCUT2D eigenvalue weighted by molar-refractivity contribution is 9.10. The number of nitrogens with zero attached hydrogens (tertiary/aromatic N) is 1. The van der Waals surface area contributed by atoms with Gasteiger partial charge in [0.25, 0.3) is 0 Å². The van der Waals surface area contributed by atoms with Crippen molar-refractivity contribution >= 4 is 27.3 Å². The maximum absolute atomic E-state index is 5.60. The second-order valence-corrected chi connectivity index (χ2v) is 5.76. The SMILES string of the molecule is NNC(Cc1cccc(Br)c1)Cc1cncs1. The summed E-state index contributed by atoms with van der Waals surface area (Å²) in [4.78, 5) is 5.33. The third kappa shape index (κ3) is 3.89. The normalized spacial score (nSPS) is 12.6. The number of hydrazine groups is 1. The van der Waals surface area contributed by atoms with E-state index in [-0.39, 0.29) is 6.04 Å². The lowest BCUT2D eigenvalue weighted by Gasteiger charge is -2.14. The van der Waals surface area contributed by atoms with Crippen molar-refractivity contribution in [2.75, 3.05) is 0 Å². The molecule has 0 radical (unpaired) electrons. The Morgan fingerprint density at radius 1 is 1.41 bits per heavy atom. The summed E-state index contributed by atoms with van der Waals surface area (Å²) in [5, 5.41) is 0. The van der Waals surface area contributed by atoms with Crippen LogP contribution in [0.1, 0.15) is 10.4 Å². The van der Waals surface area contributed by atoms with Crippen LogP contribution in [0.25, 0.3) is 0 Å². The Balaban J connectivity index is 2.00. The van der Waals surface area contributed by atoms with Gasteiger partial charge in [-0.05, 0) is 24.1 Å². The van der Waals surface area contributed by atoms with E-state index < -0.39 is 0 Å². The first-order chi connectivity index (χ1) is 8.28. The van der Waals surface area contributed by atoms with E-state index in [0.717, 1.165) is 17.3 Å². The Bertz CT molecular complexity index is 459. The number of halogens is 1. The summed E-state index contributed by atoms with van der Waals surface area (Å²) in [7, 11) is 0. The highest BCUT2D eigenvalue weighted by Gasteiger charge is 2.10. The first-order valence-corrected chi connectivity index (χ1v) is 7.03. The van der Waals surface area contributed by atoms with Gasteiger partial charge in [-0.2, -0.15) is 0 Å². The van der Waals surface area contributed by atoms with E-state index in [1.807, 2.05) is 23.8 Å². The van der Waals surface area contributed by atoms with Crippen LogP contribution in [0.5, 0.6) is 0 Å². The van der Waals surface area contributed by atoms with Crippen molar-refractivity contribution in [1.29, 1.82) is 0 Å². The Morgan fingerprint density at radius 3 is 2.94 bits per heavy atom. The molecule has 0 aliphatic heterocycles. The molecule has 0 bridgehead atoms. The van der Waals surface area contributed by atoms with Gasteiger partial charge < -0.3 is 0 Å². The van der Waals surface area contributed by atoms with Crippen molar-refractivity contribution in [1.82, 2.24) is 10.4 Å². The average molecular weight is 312 g/mol. The largest absolute Gasteiger partial charge is 0.271 e. The highest BCUT2D eigenvalue weighted by Crippen LogP contribution is 2.15. The molecule has 1 aromatic heterocycles. The minimum absolute atomic E-state index is 0.241. The summed E-state index contributed by atoms with van der Waals surface area (Å²) in [6.45, 7) is 0. The van der Waals surface area contributed by atoms with Crippen LogP contribution in [0, 0.1) is 0 Å². The second kappa shape index (κ2) is 6.26. The zero-order valence-corrected chi connectivity index (χ0v) is 11.7. The Labute approximate surface area is 113 Å². The molecule has 0 saturated heterocycles. The third-order valence-electron chi connectivity index (χ3n) is 2.54. The van der Waals surface area contributed by atoms with Gasteiger partial charge in [0, 0.05) is 28.0 Å². The van der Waals surface area contributed by atoms with Gasteiger partial charge in [0.15, 0.2) is 0 Å². The number of thiazole rings is 1. The third-order valence-corrected chi connectivity index (χ3v) is 3.83. The molecule has 1 heterocycles. The molecule has 1 unspecified atom stereocenters. The predicted molar refractivity (Wildman–Crippen MR) is 74.8 cm³/mol. The molecule has 1 aromatic carbocycles. The molecule has 0 aliphatic rings. The molecule has 90 valence electrons. The molecule has 17 heavy (non-hydrogen) atoms. The predicted octanol–water partition coefficient (Wildman–Crippen LogP) is 2.52. The molecule has 3 nitrogen and oxygen atoms in total. The van der Waals surface area contributed by atoms with Crippen molar-refractivity contribution < 1.29 is 0 Å². The van der Waals surface area contributed by atoms with Gasteiger partial charge in [-0.25, -0.2) is 0 Å². The van der Waals surface area contributed by atoms with Crippen LogP contribution in [-0.4, -0.2) is 11.0 Å². The monoisotopic (exact) mass is 311 g/mol. The highest BCUT2D eigenvalue weighted by atomic mass is 79.9. The topological polar surface area (TPSA) is 50.9 Å². The van der Waals surface area contributed by atoms with Gasteiger partial charge in [-0.1, -0.05) is 28.1 Å². The van der Waals surface area contributed by atoms with Crippen molar-refractivity contribution in [3.05, 3.63) is 50.9 Å². The van der Waals surface area contributed by atoms with Gasteiger partial charge in [-0.15, -0.1) is 11.3 Å². The summed E-state index contributed by atoms with van der Waals surface area (Å²) in [5.41, 5.74) is 5.99. The Hall–Kier alpha value is -0.750.